The first kappa shape index (κ1) is 28.7. The second-order valence-electron chi connectivity index (χ2n) is 9.63. The molecule has 3 amide bonds. The summed E-state index contributed by atoms with van der Waals surface area (Å²) < 4.78 is 19.3. The van der Waals surface area contributed by atoms with Gasteiger partial charge in [-0.1, -0.05) is 72.3 Å². The highest BCUT2D eigenvalue weighted by atomic mass is 19.1. The molecule has 0 aliphatic carbocycles. The molecule has 43 heavy (non-hydrogen) atoms. The number of halogens is 1. The third-order valence-electron chi connectivity index (χ3n) is 6.53. The Labute approximate surface area is 247 Å². The van der Waals surface area contributed by atoms with Gasteiger partial charge >= 0.3 is 11.8 Å². The molecule has 0 fully saturated rings. The molecule has 0 aromatic heterocycles. The van der Waals surface area contributed by atoms with E-state index < -0.39 is 17.7 Å². The molecule has 0 saturated heterocycles. The van der Waals surface area contributed by atoms with E-state index in [9.17, 15) is 18.8 Å². The van der Waals surface area contributed by atoms with E-state index in [-0.39, 0.29) is 23.7 Å². The summed E-state index contributed by atoms with van der Waals surface area (Å²) in [5, 5.41) is 11.0. The van der Waals surface area contributed by atoms with Gasteiger partial charge in [0, 0.05) is 11.3 Å². The average molecular weight is 575 g/mol. The minimum Gasteiger partial charge on any atom is -0.488 e. The molecule has 0 aliphatic rings. The Hall–Kier alpha value is -5.83. The van der Waals surface area contributed by atoms with E-state index >= 15 is 0 Å². The fraction of sp³-hybridized carbons (Fsp3) is 0.0588. The summed E-state index contributed by atoms with van der Waals surface area (Å²) in [5.41, 5.74) is 5.59. The first-order valence-corrected chi connectivity index (χ1v) is 13.4. The lowest BCUT2D eigenvalue weighted by atomic mass is 10.0. The Balaban J connectivity index is 1.27. The van der Waals surface area contributed by atoms with E-state index in [2.05, 4.69) is 21.2 Å². The monoisotopic (exact) mass is 574 g/mol. The van der Waals surface area contributed by atoms with Gasteiger partial charge in [0.15, 0.2) is 0 Å². The van der Waals surface area contributed by atoms with Crippen LogP contribution in [0.1, 0.15) is 27.0 Å². The summed E-state index contributed by atoms with van der Waals surface area (Å²) in [6.07, 6.45) is 1.40. The van der Waals surface area contributed by atoms with Crippen molar-refractivity contribution < 1.29 is 23.5 Å². The molecule has 0 unspecified atom stereocenters. The van der Waals surface area contributed by atoms with Gasteiger partial charge < -0.3 is 15.4 Å². The molecule has 3 N–H and O–H groups in total. The van der Waals surface area contributed by atoms with Crippen molar-refractivity contribution in [2.45, 2.75) is 13.5 Å². The zero-order chi connectivity index (χ0) is 30.2. The number of nitrogens with one attached hydrogen (secondary N) is 3. The smallest absolute Gasteiger partial charge is 0.329 e. The highest BCUT2D eigenvalue weighted by molar-refractivity contribution is 6.40. The molecule has 9 heteroatoms. The van der Waals surface area contributed by atoms with Crippen LogP contribution in [-0.2, 0) is 16.2 Å². The van der Waals surface area contributed by atoms with Crippen LogP contribution in [0.5, 0.6) is 5.75 Å². The molecule has 0 radical (unpaired) electrons. The number of hydrogen-bond donors (Lipinski definition) is 3. The van der Waals surface area contributed by atoms with Crippen LogP contribution < -0.4 is 20.8 Å². The van der Waals surface area contributed by atoms with Crippen molar-refractivity contribution in [2.24, 2.45) is 5.10 Å². The Kier molecular flexibility index (Phi) is 8.82. The first-order chi connectivity index (χ1) is 20.9. The molecule has 5 aromatic rings. The molecule has 0 spiro atoms. The average Bonchev–Trinajstić information content (AvgIpc) is 3.02. The molecular weight excluding hydrogens is 547 g/mol. The molecule has 5 rings (SSSR count). The number of nitrogens with zero attached hydrogens (tertiary/aromatic N) is 1. The van der Waals surface area contributed by atoms with Crippen LogP contribution in [-0.4, -0.2) is 23.9 Å². The number of carbonyl (C=O) groups is 3. The van der Waals surface area contributed by atoms with Crippen LogP contribution >= 0.6 is 0 Å². The van der Waals surface area contributed by atoms with E-state index in [0.717, 1.165) is 21.9 Å². The lowest BCUT2D eigenvalue weighted by Crippen LogP contribution is -2.33. The van der Waals surface area contributed by atoms with Crippen molar-refractivity contribution in [1.29, 1.82) is 0 Å². The zero-order valence-corrected chi connectivity index (χ0v) is 23.1. The van der Waals surface area contributed by atoms with Gasteiger partial charge in [0.25, 0.3) is 5.91 Å². The number of carbonyl (C=O) groups excluding carboxylic acids is 3. The Morgan fingerprint density at radius 3 is 2.30 bits per heavy atom. The number of para-hydroxylation sites is 1. The standard InChI is InChI=1S/C34H27FN4O4/c1-22-10-17-26(18-11-22)37-32(40)28-8-4-5-9-30(28)38-33(41)34(42)39-36-20-29-27-7-3-2-6-24(27)14-19-31(29)43-21-23-12-15-25(35)16-13-23/h2-20H,21H2,1H3,(H,37,40)(H,38,41)(H,39,42). The van der Waals surface area contributed by atoms with Crippen molar-refractivity contribution in [3.8, 4) is 5.75 Å². The highest BCUT2D eigenvalue weighted by Gasteiger charge is 2.18. The number of rotatable bonds is 8. The normalized spacial score (nSPS) is 10.8. The lowest BCUT2D eigenvalue weighted by Gasteiger charge is -2.12. The Morgan fingerprint density at radius 1 is 0.791 bits per heavy atom. The summed E-state index contributed by atoms with van der Waals surface area (Å²) in [4.78, 5) is 38.2. The second-order valence-corrected chi connectivity index (χ2v) is 9.63. The molecule has 0 bridgehead atoms. The minimum absolute atomic E-state index is 0.168. The van der Waals surface area contributed by atoms with E-state index in [4.69, 9.17) is 4.74 Å². The maximum absolute atomic E-state index is 13.3. The van der Waals surface area contributed by atoms with Gasteiger partial charge in [-0.2, -0.15) is 5.10 Å². The summed E-state index contributed by atoms with van der Waals surface area (Å²) in [7, 11) is 0. The summed E-state index contributed by atoms with van der Waals surface area (Å²) in [5.74, 6) is -2.32. The third-order valence-corrected chi connectivity index (χ3v) is 6.53. The SMILES string of the molecule is Cc1ccc(NC(=O)c2ccccc2NC(=O)C(=O)NN=Cc2c(OCc3ccc(F)cc3)ccc3ccccc23)cc1. The number of ether oxygens (including phenoxy) is 1. The first-order valence-electron chi connectivity index (χ1n) is 13.4. The van der Waals surface area contributed by atoms with Gasteiger partial charge in [0.2, 0.25) is 0 Å². The van der Waals surface area contributed by atoms with Crippen LogP contribution in [0, 0.1) is 12.7 Å². The second kappa shape index (κ2) is 13.2. The van der Waals surface area contributed by atoms with Gasteiger partial charge in [0.1, 0.15) is 18.2 Å². The predicted molar refractivity (Wildman–Crippen MR) is 165 cm³/mol. The van der Waals surface area contributed by atoms with Crippen molar-refractivity contribution in [3.63, 3.8) is 0 Å². The molecule has 214 valence electrons. The van der Waals surface area contributed by atoms with Crippen LogP contribution in [0.25, 0.3) is 10.8 Å². The number of fused-ring (bicyclic) bond motifs is 1. The van der Waals surface area contributed by atoms with Gasteiger partial charge in [-0.05, 0) is 65.7 Å². The van der Waals surface area contributed by atoms with Crippen LogP contribution in [0.2, 0.25) is 0 Å². The molecule has 8 nitrogen and oxygen atoms in total. The van der Waals surface area contributed by atoms with Crippen LogP contribution in [0.3, 0.4) is 0 Å². The van der Waals surface area contributed by atoms with Gasteiger partial charge in [0.05, 0.1) is 17.5 Å². The van der Waals surface area contributed by atoms with Gasteiger partial charge in [-0.25, -0.2) is 9.82 Å². The molecule has 5 aromatic carbocycles. The van der Waals surface area contributed by atoms with Crippen LogP contribution in [0.15, 0.2) is 114 Å². The Morgan fingerprint density at radius 2 is 1.51 bits per heavy atom. The van der Waals surface area contributed by atoms with Crippen LogP contribution in [0.4, 0.5) is 15.8 Å². The largest absolute Gasteiger partial charge is 0.488 e. The summed E-state index contributed by atoms with van der Waals surface area (Å²) in [6.45, 7) is 2.13. The highest BCUT2D eigenvalue weighted by Crippen LogP contribution is 2.27. The number of hydrogen-bond acceptors (Lipinski definition) is 5. The van der Waals surface area contributed by atoms with Crippen molar-refractivity contribution in [2.75, 3.05) is 10.6 Å². The van der Waals surface area contributed by atoms with Gasteiger partial charge in [-0.3, -0.25) is 14.4 Å². The molecule has 0 heterocycles. The van der Waals surface area contributed by atoms with Crippen molar-refractivity contribution in [1.82, 2.24) is 5.43 Å². The Bertz CT molecular complexity index is 1820. The fourth-order valence-corrected chi connectivity index (χ4v) is 4.29. The minimum atomic E-state index is -1.03. The summed E-state index contributed by atoms with van der Waals surface area (Å²) >= 11 is 0. The lowest BCUT2D eigenvalue weighted by molar-refractivity contribution is -0.136. The van der Waals surface area contributed by atoms with E-state index in [0.29, 0.717) is 17.0 Å². The number of hydrazone groups is 1. The van der Waals surface area contributed by atoms with E-state index in [1.807, 2.05) is 49.4 Å². The topological polar surface area (TPSA) is 109 Å². The van der Waals surface area contributed by atoms with E-state index in [1.54, 1.807) is 48.5 Å². The predicted octanol–water partition coefficient (Wildman–Crippen LogP) is 6.21. The number of benzene rings is 5. The number of amides is 3. The third kappa shape index (κ3) is 7.28. The van der Waals surface area contributed by atoms with Crippen molar-refractivity contribution >= 4 is 46.1 Å². The van der Waals surface area contributed by atoms with Crippen molar-refractivity contribution in [3.05, 3.63) is 137 Å². The quantitative estimate of drug-likeness (QED) is 0.116. The zero-order valence-electron chi connectivity index (χ0n) is 23.1. The molecule has 0 aliphatic heterocycles. The maximum Gasteiger partial charge on any atom is 0.329 e. The molecule has 0 saturated carbocycles. The summed E-state index contributed by atoms with van der Waals surface area (Å²) in [6, 6.07) is 30.9. The number of aryl methyl sites for hydroxylation is 1. The fourth-order valence-electron chi connectivity index (χ4n) is 4.29. The molecular formula is C34H27FN4O4. The molecule has 0 atom stereocenters. The maximum atomic E-state index is 13.3. The number of anilines is 2. The van der Waals surface area contributed by atoms with Gasteiger partial charge in [-0.15, -0.1) is 0 Å². The van der Waals surface area contributed by atoms with E-state index in [1.165, 1.54) is 24.4 Å².